The molecule has 0 aromatic heterocycles. The summed E-state index contributed by atoms with van der Waals surface area (Å²) in [7, 11) is 0. The van der Waals surface area contributed by atoms with Gasteiger partial charge in [0.1, 0.15) is 17.3 Å². The van der Waals surface area contributed by atoms with Crippen LogP contribution in [0, 0.1) is 0 Å². The zero-order valence-corrected chi connectivity index (χ0v) is 12.4. The lowest BCUT2D eigenvalue weighted by molar-refractivity contribution is -0.116. The van der Waals surface area contributed by atoms with Crippen molar-refractivity contribution in [2.75, 3.05) is 0 Å². The van der Waals surface area contributed by atoms with Gasteiger partial charge in [0.2, 0.25) is 0 Å². The minimum Gasteiger partial charge on any atom is -0.457 e. The molecule has 0 aliphatic rings. The van der Waals surface area contributed by atoms with Crippen LogP contribution in [0.1, 0.15) is 30.1 Å². The van der Waals surface area contributed by atoms with Crippen LogP contribution in [0.3, 0.4) is 0 Å². The highest BCUT2D eigenvalue weighted by molar-refractivity contribution is 6.30. The Bertz CT molecular complexity index is 630. The zero-order valence-electron chi connectivity index (χ0n) is 11.6. The van der Waals surface area contributed by atoms with Crippen molar-refractivity contribution >= 4 is 23.2 Å². The summed E-state index contributed by atoms with van der Waals surface area (Å²) in [6, 6.07) is 13.9. The molecule has 0 saturated carbocycles. The van der Waals surface area contributed by atoms with Gasteiger partial charge in [-0.1, -0.05) is 11.6 Å². The summed E-state index contributed by atoms with van der Waals surface area (Å²) in [5.41, 5.74) is 0.583. The van der Waals surface area contributed by atoms with Gasteiger partial charge in [-0.05, 0) is 55.5 Å². The summed E-state index contributed by atoms with van der Waals surface area (Å²) >= 11 is 5.81. The molecule has 0 bridgehead atoms. The first-order chi connectivity index (χ1) is 10.0. The Morgan fingerprint density at radius 3 is 1.95 bits per heavy atom. The average molecular weight is 303 g/mol. The number of rotatable bonds is 6. The van der Waals surface area contributed by atoms with Gasteiger partial charge in [0.05, 0.1) is 0 Å². The highest BCUT2D eigenvalue weighted by Gasteiger charge is 2.07. The fourth-order valence-electron chi connectivity index (χ4n) is 1.78. The number of benzene rings is 2. The fraction of sp³-hybridized carbons (Fsp3) is 0.176. The maximum Gasteiger partial charge on any atom is 0.163 e. The van der Waals surface area contributed by atoms with Gasteiger partial charge in [-0.2, -0.15) is 0 Å². The molecule has 0 aliphatic heterocycles. The van der Waals surface area contributed by atoms with E-state index in [1.807, 2.05) is 0 Å². The Kier molecular flexibility index (Phi) is 5.12. The number of hydrogen-bond acceptors (Lipinski definition) is 3. The number of ether oxygens (including phenoxy) is 1. The second kappa shape index (κ2) is 7.04. The second-order valence-corrected chi connectivity index (χ2v) is 5.14. The lowest BCUT2D eigenvalue weighted by Gasteiger charge is -2.06. The predicted octanol–water partition coefficient (Wildman–Crippen LogP) is 4.68. The third kappa shape index (κ3) is 4.72. The van der Waals surface area contributed by atoms with Crippen molar-refractivity contribution in [2.45, 2.75) is 19.8 Å². The van der Waals surface area contributed by atoms with Crippen LogP contribution in [0.2, 0.25) is 5.02 Å². The molecule has 0 heterocycles. The van der Waals surface area contributed by atoms with Crippen molar-refractivity contribution < 1.29 is 14.3 Å². The third-order valence-electron chi connectivity index (χ3n) is 2.93. The molecule has 0 amide bonds. The Morgan fingerprint density at radius 2 is 1.43 bits per heavy atom. The van der Waals surface area contributed by atoms with E-state index in [-0.39, 0.29) is 24.4 Å². The van der Waals surface area contributed by atoms with Crippen LogP contribution in [0.5, 0.6) is 11.5 Å². The highest BCUT2D eigenvalue weighted by Crippen LogP contribution is 2.23. The quantitative estimate of drug-likeness (QED) is 0.727. The van der Waals surface area contributed by atoms with E-state index < -0.39 is 0 Å². The van der Waals surface area contributed by atoms with E-state index in [1.54, 1.807) is 48.5 Å². The van der Waals surface area contributed by atoms with Crippen LogP contribution in [0.15, 0.2) is 48.5 Å². The number of carbonyl (C=O) groups is 2. The topological polar surface area (TPSA) is 43.4 Å². The molecule has 2 aromatic carbocycles. The van der Waals surface area contributed by atoms with E-state index in [9.17, 15) is 9.59 Å². The number of ketones is 2. The van der Waals surface area contributed by atoms with Crippen LogP contribution in [0.25, 0.3) is 0 Å². The van der Waals surface area contributed by atoms with Crippen LogP contribution in [-0.2, 0) is 4.79 Å². The van der Waals surface area contributed by atoms with Gasteiger partial charge in [0.25, 0.3) is 0 Å². The molecule has 2 aromatic rings. The van der Waals surface area contributed by atoms with Gasteiger partial charge >= 0.3 is 0 Å². The lowest BCUT2D eigenvalue weighted by atomic mass is 10.1. The maximum atomic E-state index is 11.8. The van der Waals surface area contributed by atoms with E-state index in [0.717, 1.165) is 0 Å². The molecule has 0 spiro atoms. The molecule has 0 N–H and O–H groups in total. The fourth-order valence-corrected chi connectivity index (χ4v) is 1.91. The first-order valence-electron chi connectivity index (χ1n) is 6.61. The molecular weight excluding hydrogens is 288 g/mol. The van der Waals surface area contributed by atoms with E-state index in [1.165, 1.54) is 6.92 Å². The van der Waals surface area contributed by atoms with Crippen molar-refractivity contribution in [2.24, 2.45) is 0 Å². The molecule has 0 aliphatic carbocycles. The molecule has 0 saturated heterocycles. The molecule has 2 rings (SSSR count). The molecule has 3 nitrogen and oxygen atoms in total. The van der Waals surface area contributed by atoms with Gasteiger partial charge in [0, 0.05) is 23.4 Å². The maximum absolute atomic E-state index is 11.8. The van der Waals surface area contributed by atoms with Crippen LogP contribution >= 0.6 is 11.6 Å². The monoisotopic (exact) mass is 302 g/mol. The molecule has 0 atom stereocenters. The molecule has 21 heavy (non-hydrogen) atoms. The van der Waals surface area contributed by atoms with Gasteiger partial charge in [-0.3, -0.25) is 4.79 Å². The van der Waals surface area contributed by atoms with Gasteiger partial charge in [0.15, 0.2) is 5.78 Å². The molecular formula is C17H15ClO3. The van der Waals surface area contributed by atoms with Crippen LogP contribution < -0.4 is 4.74 Å². The normalized spacial score (nSPS) is 10.2. The Labute approximate surface area is 128 Å². The van der Waals surface area contributed by atoms with Crippen molar-refractivity contribution in [3.63, 3.8) is 0 Å². The van der Waals surface area contributed by atoms with E-state index in [4.69, 9.17) is 16.3 Å². The largest absolute Gasteiger partial charge is 0.457 e. The van der Waals surface area contributed by atoms with E-state index in [2.05, 4.69) is 0 Å². The summed E-state index contributed by atoms with van der Waals surface area (Å²) in [6.07, 6.45) is 0.522. The molecule has 108 valence electrons. The van der Waals surface area contributed by atoms with E-state index in [0.29, 0.717) is 22.1 Å². The van der Waals surface area contributed by atoms with Crippen molar-refractivity contribution in [3.05, 3.63) is 59.1 Å². The highest BCUT2D eigenvalue weighted by atomic mass is 35.5. The molecule has 4 heteroatoms. The average Bonchev–Trinajstić information content (AvgIpc) is 2.48. The standard InChI is InChI=1S/C17H15ClO3/c1-12(19)2-11-17(20)13-3-7-15(8-4-13)21-16-9-5-14(18)6-10-16/h3-10H,2,11H2,1H3. The number of halogens is 1. The SMILES string of the molecule is CC(=O)CCC(=O)c1ccc(Oc2ccc(Cl)cc2)cc1. The Hall–Kier alpha value is -2.13. The minimum absolute atomic E-state index is 0.0195. The number of Topliss-reactive ketones (excluding diaryl/α,β-unsaturated/α-hetero) is 2. The minimum atomic E-state index is -0.0387. The van der Waals surface area contributed by atoms with Crippen molar-refractivity contribution in [1.82, 2.24) is 0 Å². The smallest absolute Gasteiger partial charge is 0.163 e. The predicted molar refractivity (Wildman–Crippen MR) is 82.2 cm³/mol. The second-order valence-electron chi connectivity index (χ2n) is 4.71. The molecule has 0 radical (unpaired) electrons. The Balaban J connectivity index is 2.00. The Morgan fingerprint density at radius 1 is 0.905 bits per heavy atom. The number of hydrogen-bond donors (Lipinski definition) is 0. The summed E-state index contributed by atoms with van der Waals surface area (Å²) in [4.78, 5) is 22.7. The van der Waals surface area contributed by atoms with Crippen LogP contribution in [-0.4, -0.2) is 11.6 Å². The van der Waals surface area contributed by atoms with Gasteiger partial charge < -0.3 is 9.53 Å². The zero-order chi connectivity index (χ0) is 15.2. The third-order valence-corrected chi connectivity index (χ3v) is 3.18. The van der Waals surface area contributed by atoms with Crippen molar-refractivity contribution in [1.29, 1.82) is 0 Å². The van der Waals surface area contributed by atoms with Crippen LogP contribution in [0.4, 0.5) is 0 Å². The summed E-state index contributed by atoms with van der Waals surface area (Å²) in [6.45, 7) is 1.48. The summed E-state index contributed by atoms with van der Waals surface area (Å²) in [5.74, 6) is 1.30. The first-order valence-corrected chi connectivity index (χ1v) is 6.98. The number of carbonyl (C=O) groups excluding carboxylic acids is 2. The summed E-state index contributed by atoms with van der Waals surface area (Å²) in [5, 5.41) is 0.647. The van der Waals surface area contributed by atoms with Gasteiger partial charge in [-0.15, -0.1) is 0 Å². The lowest BCUT2D eigenvalue weighted by Crippen LogP contribution is -2.02. The van der Waals surface area contributed by atoms with Gasteiger partial charge in [-0.25, -0.2) is 0 Å². The molecule has 0 fully saturated rings. The summed E-state index contributed by atoms with van der Waals surface area (Å²) < 4.78 is 5.64. The molecule has 0 unspecified atom stereocenters. The van der Waals surface area contributed by atoms with E-state index >= 15 is 0 Å². The first kappa shape index (κ1) is 15.3. The van der Waals surface area contributed by atoms with Crippen molar-refractivity contribution in [3.8, 4) is 11.5 Å².